The lowest BCUT2D eigenvalue weighted by Gasteiger charge is -2.21. The van der Waals surface area contributed by atoms with Crippen molar-refractivity contribution in [1.29, 1.82) is 0 Å². The van der Waals surface area contributed by atoms with Crippen LogP contribution >= 0.6 is 0 Å². The number of hydrogen-bond acceptors (Lipinski definition) is 5. The average molecular weight is 445 g/mol. The van der Waals surface area contributed by atoms with E-state index >= 15 is 0 Å². The van der Waals surface area contributed by atoms with Crippen molar-refractivity contribution in [2.45, 2.75) is 13.0 Å². The third-order valence-electron chi connectivity index (χ3n) is 5.26. The zero-order valence-electron chi connectivity index (χ0n) is 18.2. The molecule has 0 bridgehead atoms. The van der Waals surface area contributed by atoms with Crippen LogP contribution in [0.5, 0.6) is 11.5 Å². The van der Waals surface area contributed by atoms with Crippen LogP contribution in [0.3, 0.4) is 0 Å². The molecule has 8 nitrogen and oxygen atoms in total. The molecule has 33 heavy (non-hydrogen) atoms. The summed E-state index contributed by atoms with van der Waals surface area (Å²) in [5.41, 5.74) is 2.54. The topological polar surface area (TPSA) is 106 Å². The Morgan fingerprint density at radius 2 is 1.79 bits per heavy atom. The Bertz CT molecular complexity index is 1210. The van der Waals surface area contributed by atoms with E-state index in [2.05, 4.69) is 16.0 Å². The molecule has 0 saturated heterocycles. The maximum absolute atomic E-state index is 13.0. The zero-order valence-corrected chi connectivity index (χ0v) is 18.2. The molecule has 0 saturated carbocycles. The zero-order chi connectivity index (χ0) is 23.4. The highest BCUT2D eigenvalue weighted by molar-refractivity contribution is 6.09. The molecule has 3 N–H and O–H groups in total. The largest absolute Gasteiger partial charge is 0.497 e. The minimum absolute atomic E-state index is 0.0162. The molecule has 4 rings (SSSR count). The van der Waals surface area contributed by atoms with Gasteiger partial charge in [-0.15, -0.1) is 0 Å². The molecule has 0 aromatic heterocycles. The first kappa shape index (κ1) is 21.9. The molecule has 3 aromatic rings. The lowest BCUT2D eigenvalue weighted by atomic mass is 10.1. The number of ether oxygens (including phenoxy) is 2. The van der Waals surface area contributed by atoms with Gasteiger partial charge in [0.1, 0.15) is 11.5 Å². The van der Waals surface area contributed by atoms with Crippen LogP contribution in [0.25, 0.3) is 0 Å². The van der Waals surface area contributed by atoms with Crippen molar-refractivity contribution in [3.05, 3.63) is 83.4 Å². The SMILES string of the molecule is COc1ccc(C(=O)Nc2ccccc2C(=O)NC(C)c2ccc3c(c2)NC(=O)CO3)cc1. The summed E-state index contributed by atoms with van der Waals surface area (Å²) in [5, 5.41) is 8.50. The molecule has 168 valence electrons. The van der Waals surface area contributed by atoms with E-state index < -0.39 is 0 Å². The van der Waals surface area contributed by atoms with Crippen molar-refractivity contribution in [1.82, 2.24) is 5.32 Å². The summed E-state index contributed by atoms with van der Waals surface area (Å²) in [6.07, 6.45) is 0. The van der Waals surface area contributed by atoms with E-state index in [9.17, 15) is 14.4 Å². The number of methoxy groups -OCH3 is 1. The van der Waals surface area contributed by atoms with Crippen molar-refractivity contribution in [2.24, 2.45) is 0 Å². The van der Waals surface area contributed by atoms with Gasteiger partial charge < -0.3 is 25.4 Å². The van der Waals surface area contributed by atoms with Gasteiger partial charge in [0.2, 0.25) is 0 Å². The first-order valence-corrected chi connectivity index (χ1v) is 10.4. The minimum Gasteiger partial charge on any atom is -0.497 e. The van der Waals surface area contributed by atoms with Gasteiger partial charge in [0.15, 0.2) is 6.61 Å². The highest BCUT2D eigenvalue weighted by Crippen LogP contribution is 2.30. The number of carbonyl (C=O) groups is 3. The van der Waals surface area contributed by atoms with Gasteiger partial charge in [0, 0.05) is 5.56 Å². The van der Waals surface area contributed by atoms with E-state index in [0.29, 0.717) is 34.0 Å². The van der Waals surface area contributed by atoms with E-state index in [-0.39, 0.29) is 30.4 Å². The predicted octanol–water partition coefficient (Wildman–Crippen LogP) is 3.77. The molecule has 0 radical (unpaired) electrons. The number of rotatable bonds is 6. The van der Waals surface area contributed by atoms with Crippen molar-refractivity contribution < 1.29 is 23.9 Å². The summed E-state index contributed by atoms with van der Waals surface area (Å²) in [6, 6.07) is 18.5. The van der Waals surface area contributed by atoms with Crippen LogP contribution in [0.1, 0.15) is 39.2 Å². The van der Waals surface area contributed by atoms with Crippen molar-refractivity contribution in [2.75, 3.05) is 24.4 Å². The van der Waals surface area contributed by atoms with Crippen molar-refractivity contribution in [3.8, 4) is 11.5 Å². The summed E-state index contributed by atoms with van der Waals surface area (Å²) >= 11 is 0. The number of para-hydroxylation sites is 1. The Labute approximate surface area is 190 Å². The summed E-state index contributed by atoms with van der Waals surface area (Å²) in [7, 11) is 1.55. The Morgan fingerprint density at radius 1 is 1.03 bits per heavy atom. The van der Waals surface area contributed by atoms with Gasteiger partial charge in [-0.2, -0.15) is 0 Å². The maximum Gasteiger partial charge on any atom is 0.262 e. The molecule has 0 fully saturated rings. The number of amides is 3. The molecule has 8 heteroatoms. The highest BCUT2D eigenvalue weighted by Gasteiger charge is 2.20. The second kappa shape index (κ2) is 9.44. The van der Waals surface area contributed by atoms with Crippen molar-refractivity contribution >= 4 is 29.1 Å². The standard InChI is InChI=1S/C25H23N3O5/c1-15(17-9-12-22-21(13-17)27-23(29)14-33-22)26-25(31)19-5-3-4-6-20(19)28-24(30)16-7-10-18(32-2)11-8-16/h3-13,15H,14H2,1-2H3,(H,26,31)(H,27,29)(H,28,30). The fraction of sp³-hybridized carbons (Fsp3) is 0.160. The predicted molar refractivity (Wildman–Crippen MR) is 124 cm³/mol. The number of fused-ring (bicyclic) bond motifs is 1. The van der Waals surface area contributed by atoms with Gasteiger partial charge in [0.25, 0.3) is 17.7 Å². The van der Waals surface area contributed by atoms with Gasteiger partial charge in [-0.25, -0.2) is 0 Å². The normalized spacial score (nSPS) is 13.1. The Kier molecular flexibility index (Phi) is 6.26. The second-order valence-corrected chi connectivity index (χ2v) is 7.52. The molecule has 0 spiro atoms. The lowest BCUT2D eigenvalue weighted by Crippen LogP contribution is -2.29. The highest BCUT2D eigenvalue weighted by atomic mass is 16.5. The van der Waals surface area contributed by atoms with Crippen LogP contribution in [0.4, 0.5) is 11.4 Å². The molecule has 1 atom stereocenters. The second-order valence-electron chi connectivity index (χ2n) is 7.52. The number of anilines is 2. The fourth-order valence-corrected chi connectivity index (χ4v) is 3.45. The average Bonchev–Trinajstić information content (AvgIpc) is 2.83. The van der Waals surface area contributed by atoms with Crippen LogP contribution in [0.2, 0.25) is 0 Å². The molecule has 0 aliphatic carbocycles. The van der Waals surface area contributed by atoms with Crippen LogP contribution in [-0.2, 0) is 4.79 Å². The molecule has 1 heterocycles. The maximum atomic E-state index is 13.0. The van der Waals surface area contributed by atoms with E-state index in [0.717, 1.165) is 5.56 Å². The van der Waals surface area contributed by atoms with Crippen LogP contribution in [0.15, 0.2) is 66.7 Å². The van der Waals surface area contributed by atoms with Crippen LogP contribution in [0, 0.1) is 0 Å². The van der Waals surface area contributed by atoms with E-state index in [1.807, 2.05) is 13.0 Å². The molecule has 3 aromatic carbocycles. The van der Waals surface area contributed by atoms with Gasteiger partial charge in [-0.05, 0) is 61.0 Å². The van der Waals surface area contributed by atoms with Crippen LogP contribution < -0.4 is 25.4 Å². The van der Waals surface area contributed by atoms with Gasteiger partial charge in [-0.3, -0.25) is 14.4 Å². The molecular weight excluding hydrogens is 422 g/mol. The summed E-state index contributed by atoms with van der Waals surface area (Å²) in [4.78, 5) is 37.3. The smallest absolute Gasteiger partial charge is 0.262 e. The monoisotopic (exact) mass is 445 g/mol. The minimum atomic E-state index is -0.355. The number of carbonyl (C=O) groups excluding carboxylic acids is 3. The molecule has 1 unspecified atom stereocenters. The number of benzene rings is 3. The lowest BCUT2D eigenvalue weighted by molar-refractivity contribution is -0.118. The Morgan fingerprint density at radius 3 is 2.55 bits per heavy atom. The molecular formula is C25H23N3O5. The van der Waals surface area contributed by atoms with Crippen LogP contribution in [-0.4, -0.2) is 31.4 Å². The molecule has 1 aliphatic heterocycles. The summed E-state index contributed by atoms with van der Waals surface area (Å²) in [6.45, 7) is 1.82. The third-order valence-corrected chi connectivity index (χ3v) is 5.26. The quantitative estimate of drug-likeness (QED) is 0.536. The van der Waals surface area contributed by atoms with E-state index in [4.69, 9.17) is 9.47 Å². The molecule has 3 amide bonds. The Hall–Kier alpha value is -4.33. The fourth-order valence-electron chi connectivity index (χ4n) is 3.45. The number of nitrogens with one attached hydrogen (secondary N) is 3. The third kappa shape index (κ3) is 4.95. The van der Waals surface area contributed by atoms with Gasteiger partial charge in [-0.1, -0.05) is 18.2 Å². The summed E-state index contributed by atoms with van der Waals surface area (Å²) < 4.78 is 10.5. The van der Waals surface area contributed by atoms with E-state index in [1.54, 1.807) is 67.8 Å². The molecule has 1 aliphatic rings. The number of hydrogen-bond donors (Lipinski definition) is 3. The Balaban J connectivity index is 1.48. The van der Waals surface area contributed by atoms with E-state index in [1.165, 1.54) is 0 Å². The first-order chi connectivity index (χ1) is 15.9. The van der Waals surface area contributed by atoms with Gasteiger partial charge >= 0.3 is 0 Å². The van der Waals surface area contributed by atoms with Crippen molar-refractivity contribution in [3.63, 3.8) is 0 Å². The van der Waals surface area contributed by atoms with Gasteiger partial charge in [0.05, 0.1) is 30.1 Å². The first-order valence-electron chi connectivity index (χ1n) is 10.4. The summed E-state index contributed by atoms with van der Waals surface area (Å²) in [5.74, 6) is 0.331.